The number of unbranched alkanes of at least 4 members (excludes halogenated alkanes) is 11. The molecule has 8 heteroatoms. The predicted molar refractivity (Wildman–Crippen MR) is 168 cm³/mol. The van der Waals surface area contributed by atoms with E-state index in [1.54, 1.807) is 54.6 Å². The maximum absolute atomic E-state index is 13.4. The summed E-state index contributed by atoms with van der Waals surface area (Å²) < 4.78 is 25.4. The van der Waals surface area contributed by atoms with Crippen molar-refractivity contribution in [3.8, 4) is 11.5 Å². The summed E-state index contributed by atoms with van der Waals surface area (Å²) in [5.41, 5.74) is 1.70. The SMILES string of the molecule is CCCCCCCCCCCCCCOc1ccc(C(=O)Oc2ccc(N=Nc3nc4ccc(F)cc4s3)cc2)cc1. The van der Waals surface area contributed by atoms with Gasteiger partial charge in [0, 0.05) is 0 Å². The summed E-state index contributed by atoms with van der Waals surface area (Å²) in [7, 11) is 0. The average Bonchev–Trinajstić information content (AvgIpc) is 3.41. The summed E-state index contributed by atoms with van der Waals surface area (Å²) in [4.78, 5) is 16.9. The number of nitrogens with zero attached hydrogens (tertiary/aromatic N) is 3. The average molecular weight is 590 g/mol. The first-order valence-electron chi connectivity index (χ1n) is 15.1. The maximum Gasteiger partial charge on any atom is 0.343 e. The number of hydrogen-bond acceptors (Lipinski definition) is 7. The minimum atomic E-state index is -0.446. The standard InChI is InChI=1S/C34H40FN3O3S/c1-2-3-4-5-6-7-8-9-10-11-12-13-24-40-29-19-14-26(15-20-29)33(39)41-30-21-17-28(18-22-30)37-38-34-36-31-23-16-27(35)25-32(31)42-34/h14-23,25H,2-13,24H2,1H3. The molecule has 0 unspecified atom stereocenters. The van der Waals surface area contributed by atoms with Gasteiger partial charge in [-0.05, 0) is 73.2 Å². The van der Waals surface area contributed by atoms with Crippen LogP contribution in [0.5, 0.6) is 11.5 Å². The Bertz CT molecular complexity index is 1400. The van der Waals surface area contributed by atoms with Crippen LogP contribution >= 0.6 is 11.3 Å². The lowest BCUT2D eigenvalue weighted by atomic mass is 10.1. The Balaban J connectivity index is 1.11. The van der Waals surface area contributed by atoms with E-state index in [0.29, 0.717) is 39.0 Å². The van der Waals surface area contributed by atoms with Crippen molar-refractivity contribution in [3.05, 3.63) is 78.1 Å². The van der Waals surface area contributed by atoms with Crippen molar-refractivity contribution in [1.82, 2.24) is 4.98 Å². The van der Waals surface area contributed by atoms with Crippen LogP contribution in [0.15, 0.2) is 77.0 Å². The zero-order chi connectivity index (χ0) is 29.4. The van der Waals surface area contributed by atoms with Crippen LogP contribution in [0.3, 0.4) is 0 Å². The molecular weight excluding hydrogens is 549 g/mol. The number of ether oxygens (including phenoxy) is 2. The largest absolute Gasteiger partial charge is 0.494 e. The lowest BCUT2D eigenvalue weighted by Crippen LogP contribution is -2.08. The molecule has 4 rings (SSSR count). The summed E-state index contributed by atoms with van der Waals surface area (Å²) in [6.45, 7) is 2.95. The Hall–Kier alpha value is -3.65. The van der Waals surface area contributed by atoms with E-state index in [9.17, 15) is 9.18 Å². The van der Waals surface area contributed by atoms with Crippen molar-refractivity contribution in [1.29, 1.82) is 0 Å². The van der Waals surface area contributed by atoms with Crippen LogP contribution in [0, 0.1) is 5.82 Å². The number of rotatable bonds is 18. The zero-order valence-corrected chi connectivity index (χ0v) is 25.2. The predicted octanol–water partition coefficient (Wildman–Crippen LogP) is 11.1. The topological polar surface area (TPSA) is 73.1 Å². The van der Waals surface area contributed by atoms with E-state index in [2.05, 4.69) is 22.1 Å². The third-order valence-corrected chi connectivity index (χ3v) is 7.90. The van der Waals surface area contributed by atoms with Gasteiger partial charge in [0.05, 0.1) is 28.1 Å². The van der Waals surface area contributed by atoms with Gasteiger partial charge in [-0.1, -0.05) is 88.9 Å². The monoisotopic (exact) mass is 589 g/mol. The molecule has 0 atom stereocenters. The Kier molecular flexibility index (Phi) is 12.9. The molecule has 0 saturated heterocycles. The van der Waals surface area contributed by atoms with E-state index in [-0.39, 0.29) is 5.82 Å². The third-order valence-electron chi connectivity index (χ3n) is 6.99. The first kappa shape index (κ1) is 31.3. The highest BCUT2D eigenvalue weighted by Gasteiger charge is 2.09. The van der Waals surface area contributed by atoms with Gasteiger partial charge in [-0.3, -0.25) is 0 Å². The van der Waals surface area contributed by atoms with E-state index < -0.39 is 5.97 Å². The molecule has 0 bridgehead atoms. The van der Waals surface area contributed by atoms with Crippen molar-refractivity contribution in [2.75, 3.05) is 6.61 Å². The van der Waals surface area contributed by atoms with Gasteiger partial charge in [0.2, 0.25) is 5.13 Å². The van der Waals surface area contributed by atoms with Crippen LogP contribution in [0.1, 0.15) is 94.3 Å². The summed E-state index contributed by atoms with van der Waals surface area (Å²) >= 11 is 1.26. The fourth-order valence-electron chi connectivity index (χ4n) is 4.60. The summed E-state index contributed by atoms with van der Waals surface area (Å²) in [5, 5.41) is 8.75. The number of carbonyl (C=O) groups excluding carboxylic acids is 1. The van der Waals surface area contributed by atoms with Crippen molar-refractivity contribution < 1.29 is 18.7 Å². The molecule has 6 nitrogen and oxygen atoms in total. The maximum atomic E-state index is 13.4. The van der Waals surface area contributed by atoms with Gasteiger partial charge in [-0.25, -0.2) is 14.2 Å². The number of azo groups is 1. The van der Waals surface area contributed by atoms with Crippen LogP contribution < -0.4 is 9.47 Å². The quantitative estimate of drug-likeness (QED) is 0.0501. The van der Waals surface area contributed by atoms with Gasteiger partial charge in [-0.15, -0.1) is 10.2 Å². The molecule has 222 valence electrons. The van der Waals surface area contributed by atoms with E-state index in [1.165, 1.54) is 94.1 Å². The minimum Gasteiger partial charge on any atom is -0.494 e. The molecule has 0 fully saturated rings. The molecule has 0 aliphatic carbocycles. The number of carbonyl (C=O) groups is 1. The Labute approximate surface area is 252 Å². The molecule has 0 aliphatic heterocycles. The van der Waals surface area contributed by atoms with E-state index >= 15 is 0 Å². The zero-order valence-electron chi connectivity index (χ0n) is 24.4. The fraction of sp³-hybridized carbons (Fsp3) is 0.412. The van der Waals surface area contributed by atoms with Gasteiger partial charge in [0.15, 0.2) is 0 Å². The van der Waals surface area contributed by atoms with Crippen molar-refractivity contribution in [2.24, 2.45) is 10.2 Å². The molecule has 4 aromatic rings. The lowest BCUT2D eigenvalue weighted by Gasteiger charge is -2.08. The number of fused-ring (bicyclic) bond motifs is 1. The minimum absolute atomic E-state index is 0.311. The third kappa shape index (κ3) is 10.6. The summed E-state index contributed by atoms with van der Waals surface area (Å²) in [6, 6.07) is 18.2. The first-order chi connectivity index (χ1) is 20.6. The molecule has 1 heterocycles. The van der Waals surface area contributed by atoms with Crippen LogP contribution in [0.25, 0.3) is 10.2 Å². The van der Waals surface area contributed by atoms with E-state index in [0.717, 1.165) is 12.2 Å². The molecular formula is C34H40FN3O3S. The number of benzene rings is 3. The van der Waals surface area contributed by atoms with Crippen molar-refractivity contribution in [2.45, 2.75) is 84.0 Å². The Morgan fingerprint density at radius 3 is 2.05 bits per heavy atom. The van der Waals surface area contributed by atoms with Gasteiger partial charge in [0.1, 0.15) is 17.3 Å². The van der Waals surface area contributed by atoms with Crippen LogP contribution in [0.2, 0.25) is 0 Å². The highest BCUT2D eigenvalue weighted by Crippen LogP contribution is 2.30. The van der Waals surface area contributed by atoms with Crippen LogP contribution in [-0.2, 0) is 0 Å². The molecule has 0 spiro atoms. The highest BCUT2D eigenvalue weighted by atomic mass is 32.1. The second-order valence-corrected chi connectivity index (χ2v) is 11.5. The number of hydrogen-bond donors (Lipinski definition) is 0. The molecule has 42 heavy (non-hydrogen) atoms. The molecule has 0 aliphatic rings. The molecule has 0 radical (unpaired) electrons. The molecule has 3 aromatic carbocycles. The summed E-state index contributed by atoms with van der Waals surface area (Å²) in [5.74, 6) is 0.400. The molecule has 0 saturated carbocycles. The number of esters is 1. The van der Waals surface area contributed by atoms with Crippen molar-refractivity contribution >= 4 is 38.3 Å². The lowest BCUT2D eigenvalue weighted by molar-refractivity contribution is 0.0734. The smallest absolute Gasteiger partial charge is 0.343 e. The Morgan fingerprint density at radius 1 is 0.762 bits per heavy atom. The first-order valence-corrected chi connectivity index (χ1v) is 16.0. The Morgan fingerprint density at radius 2 is 1.38 bits per heavy atom. The fourth-order valence-corrected chi connectivity index (χ4v) is 5.41. The van der Waals surface area contributed by atoms with Gasteiger partial charge >= 0.3 is 5.97 Å². The number of aromatic nitrogens is 1. The highest BCUT2D eigenvalue weighted by molar-refractivity contribution is 7.21. The van der Waals surface area contributed by atoms with Crippen LogP contribution in [0.4, 0.5) is 15.2 Å². The van der Waals surface area contributed by atoms with Gasteiger partial charge in [0.25, 0.3) is 0 Å². The second kappa shape index (κ2) is 17.3. The molecule has 0 amide bonds. The van der Waals surface area contributed by atoms with Gasteiger partial charge in [-0.2, -0.15) is 0 Å². The second-order valence-electron chi connectivity index (χ2n) is 10.5. The number of thiazole rings is 1. The normalized spacial score (nSPS) is 11.4. The van der Waals surface area contributed by atoms with E-state index in [1.807, 2.05) is 0 Å². The van der Waals surface area contributed by atoms with Crippen molar-refractivity contribution in [3.63, 3.8) is 0 Å². The molecule has 0 N–H and O–H groups in total. The van der Waals surface area contributed by atoms with Gasteiger partial charge < -0.3 is 9.47 Å². The molecule has 1 aromatic heterocycles. The number of halogens is 1. The van der Waals surface area contributed by atoms with E-state index in [4.69, 9.17) is 9.47 Å². The summed E-state index contributed by atoms with van der Waals surface area (Å²) in [6.07, 6.45) is 15.8. The van der Waals surface area contributed by atoms with Crippen LogP contribution in [-0.4, -0.2) is 17.6 Å².